The van der Waals surface area contributed by atoms with Crippen molar-refractivity contribution in [2.45, 2.75) is 92.1 Å². The lowest BCUT2D eigenvalue weighted by atomic mass is 9.77. The highest BCUT2D eigenvalue weighted by molar-refractivity contribution is 5.76. The molecule has 0 saturated heterocycles. The van der Waals surface area contributed by atoms with Gasteiger partial charge in [0.1, 0.15) is 5.60 Å². The fourth-order valence-electron chi connectivity index (χ4n) is 3.52. The molecule has 1 fully saturated rings. The summed E-state index contributed by atoms with van der Waals surface area (Å²) < 4.78 is 6.00. The Kier molecular flexibility index (Phi) is 6.09. The van der Waals surface area contributed by atoms with Gasteiger partial charge in [0, 0.05) is 0 Å². The lowest BCUT2D eigenvalue weighted by molar-refractivity contribution is -0.176. The molecule has 2 heteroatoms. The zero-order chi connectivity index (χ0) is 15.4. The summed E-state index contributed by atoms with van der Waals surface area (Å²) >= 11 is 0. The molecule has 1 saturated carbocycles. The summed E-state index contributed by atoms with van der Waals surface area (Å²) in [4.78, 5) is 12.7. The molecule has 1 aliphatic rings. The Hall–Kier alpha value is -0.530. The summed E-state index contributed by atoms with van der Waals surface area (Å²) in [5, 5.41) is 0. The highest BCUT2D eigenvalue weighted by Gasteiger charge is 2.40. The quantitative estimate of drug-likeness (QED) is 0.614. The van der Waals surface area contributed by atoms with Crippen LogP contribution >= 0.6 is 0 Å². The first-order chi connectivity index (χ1) is 9.21. The first-order valence-corrected chi connectivity index (χ1v) is 8.44. The normalized spacial score (nSPS) is 20.8. The predicted octanol–water partition coefficient (Wildman–Crippen LogP) is 5.35. The maximum atomic E-state index is 12.7. The van der Waals surface area contributed by atoms with E-state index in [2.05, 4.69) is 41.5 Å². The second-order valence-corrected chi connectivity index (χ2v) is 7.84. The van der Waals surface area contributed by atoms with Gasteiger partial charge in [-0.2, -0.15) is 0 Å². The van der Waals surface area contributed by atoms with Crippen molar-refractivity contribution in [1.29, 1.82) is 0 Å². The van der Waals surface area contributed by atoms with Gasteiger partial charge in [0.15, 0.2) is 0 Å². The molecule has 1 atom stereocenters. The Morgan fingerprint density at radius 1 is 1.15 bits per heavy atom. The van der Waals surface area contributed by atoms with E-state index >= 15 is 0 Å². The molecule has 0 heterocycles. The van der Waals surface area contributed by atoms with E-state index in [4.69, 9.17) is 4.74 Å². The van der Waals surface area contributed by atoms with E-state index in [1.54, 1.807) is 0 Å². The number of ether oxygens (including phenoxy) is 1. The van der Waals surface area contributed by atoms with E-state index < -0.39 is 0 Å². The van der Waals surface area contributed by atoms with Crippen molar-refractivity contribution in [3.63, 3.8) is 0 Å². The molecule has 0 aromatic heterocycles. The zero-order valence-electron chi connectivity index (χ0n) is 14.4. The third-order valence-electron chi connectivity index (χ3n) is 5.08. The van der Waals surface area contributed by atoms with Crippen LogP contribution in [0.3, 0.4) is 0 Å². The summed E-state index contributed by atoms with van der Waals surface area (Å²) in [5.74, 6) is 1.05. The Morgan fingerprint density at radius 2 is 1.70 bits per heavy atom. The summed E-state index contributed by atoms with van der Waals surface area (Å²) in [6.45, 7) is 12.7. The molecule has 1 aliphatic carbocycles. The maximum absolute atomic E-state index is 12.7. The van der Waals surface area contributed by atoms with Crippen molar-refractivity contribution in [1.82, 2.24) is 0 Å². The smallest absolute Gasteiger partial charge is 0.312 e. The molecule has 0 radical (unpaired) electrons. The van der Waals surface area contributed by atoms with Crippen molar-refractivity contribution >= 4 is 5.97 Å². The second kappa shape index (κ2) is 6.95. The van der Waals surface area contributed by atoms with Crippen molar-refractivity contribution in [2.24, 2.45) is 17.3 Å². The molecule has 0 aromatic rings. The van der Waals surface area contributed by atoms with Crippen molar-refractivity contribution < 1.29 is 9.53 Å². The van der Waals surface area contributed by atoms with Gasteiger partial charge in [-0.3, -0.25) is 4.79 Å². The highest BCUT2D eigenvalue weighted by Crippen LogP contribution is 2.38. The average Bonchev–Trinajstić information content (AvgIpc) is 2.38. The minimum atomic E-state index is -0.333. The molecule has 1 rings (SSSR count). The lowest BCUT2D eigenvalue weighted by Crippen LogP contribution is -2.42. The summed E-state index contributed by atoms with van der Waals surface area (Å²) in [5.41, 5.74) is -0.648. The number of carbonyl (C=O) groups excluding carboxylic acids is 1. The van der Waals surface area contributed by atoms with Crippen LogP contribution in [0.25, 0.3) is 0 Å². The summed E-state index contributed by atoms with van der Waals surface area (Å²) in [6.07, 6.45) is 8.06. The van der Waals surface area contributed by atoms with Gasteiger partial charge in [0.2, 0.25) is 0 Å². The van der Waals surface area contributed by atoms with E-state index in [1.807, 2.05) is 0 Å². The Morgan fingerprint density at radius 3 is 2.15 bits per heavy atom. The van der Waals surface area contributed by atoms with Crippen molar-refractivity contribution in [3.8, 4) is 0 Å². The average molecular weight is 282 g/mol. The van der Waals surface area contributed by atoms with Gasteiger partial charge in [0.25, 0.3) is 0 Å². The van der Waals surface area contributed by atoms with E-state index in [0.29, 0.717) is 11.8 Å². The largest absolute Gasteiger partial charge is 0.459 e. The molecular weight excluding hydrogens is 248 g/mol. The number of rotatable bonds is 6. The Labute approximate surface area is 125 Å². The van der Waals surface area contributed by atoms with Gasteiger partial charge in [0.05, 0.1) is 5.41 Å². The van der Waals surface area contributed by atoms with Crippen LogP contribution < -0.4 is 0 Å². The van der Waals surface area contributed by atoms with Gasteiger partial charge >= 0.3 is 5.97 Å². The van der Waals surface area contributed by atoms with Gasteiger partial charge in [-0.05, 0) is 58.3 Å². The van der Waals surface area contributed by atoms with E-state index in [0.717, 1.165) is 12.8 Å². The molecule has 118 valence electrons. The number of hydrogen-bond donors (Lipinski definition) is 0. The molecule has 20 heavy (non-hydrogen) atoms. The van der Waals surface area contributed by atoms with Crippen LogP contribution in [0.15, 0.2) is 0 Å². The van der Waals surface area contributed by atoms with Gasteiger partial charge in [-0.25, -0.2) is 0 Å². The first kappa shape index (κ1) is 17.5. The maximum Gasteiger partial charge on any atom is 0.312 e. The number of esters is 1. The van der Waals surface area contributed by atoms with E-state index in [9.17, 15) is 4.79 Å². The second-order valence-electron chi connectivity index (χ2n) is 7.84. The number of carbonyl (C=O) groups is 1. The van der Waals surface area contributed by atoms with E-state index in [1.165, 1.54) is 32.1 Å². The standard InChI is InChI=1S/C18H34O2/c1-7-18(6,13-14(2)3)16(19)20-17(4,5)15-11-9-8-10-12-15/h14-15H,7-13H2,1-6H3. The third-order valence-corrected chi connectivity index (χ3v) is 5.08. The lowest BCUT2D eigenvalue weighted by Gasteiger charge is -2.39. The SMILES string of the molecule is CCC(C)(CC(C)C)C(=O)OC(C)(C)C1CCCCC1. The van der Waals surface area contributed by atoms with Gasteiger partial charge in [-0.1, -0.05) is 40.0 Å². The van der Waals surface area contributed by atoms with Crippen LogP contribution in [-0.2, 0) is 9.53 Å². The van der Waals surface area contributed by atoms with Crippen LogP contribution in [0, 0.1) is 17.3 Å². The molecule has 0 spiro atoms. The monoisotopic (exact) mass is 282 g/mol. The molecular formula is C18H34O2. The summed E-state index contributed by atoms with van der Waals surface area (Å²) in [7, 11) is 0. The van der Waals surface area contributed by atoms with Crippen LogP contribution in [-0.4, -0.2) is 11.6 Å². The molecule has 0 amide bonds. The van der Waals surface area contributed by atoms with Gasteiger partial charge < -0.3 is 4.74 Å². The molecule has 0 aliphatic heterocycles. The predicted molar refractivity (Wildman–Crippen MR) is 84.6 cm³/mol. The molecule has 0 bridgehead atoms. The van der Waals surface area contributed by atoms with Crippen molar-refractivity contribution in [3.05, 3.63) is 0 Å². The van der Waals surface area contributed by atoms with Crippen LogP contribution in [0.1, 0.15) is 86.5 Å². The van der Waals surface area contributed by atoms with Gasteiger partial charge in [-0.15, -0.1) is 0 Å². The minimum Gasteiger partial charge on any atom is -0.459 e. The van der Waals surface area contributed by atoms with Crippen LogP contribution in [0.2, 0.25) is 0 Å². The summed E-state index contributed by atoms with van der Waals surface area (Å²) in [6, 6.07) is 0. The minimum absolute atomic E-state index is 0.00396. The zero-order valence-corrected chi connectivity index (χ0v) is 14.4. The van der Waals surface area contributed by atoms with E-state index in [-0.39, 0.29) is 17.0 Å². The van der Waals surface area contributed by atoms with Crippen molar-refractivity contribution in [2.75, 3.05) is 0 Å². The third kappa shape index (κ3) is 4.49. The topological polar surface area (TPSA) is 26.3 Å². The number of hydrogen-bond acceptors (Lipinski definition) is 2. The molecule has 1 unspecified atom stereocenters. The van der Waals surface area contributed by atoms with Crippen LogP contribution in [0.5, 0.6) is 0 Å². The molecule has 0 aromatic carbocycles. The fourth-order valence-corrected chi connectivity index (χ4v) is 3.52. The molecule has 2 nitrogen and oxygen atoms in total. The Balaban J connectivity index is 2.70. The Bertz CT molecular complexity index is 313. The van der Waals surface area contributed by atoms with Crippen LogP contribution in [0.4, 0.5) is 0 Å². The fraction of sp³-hybridized carbons (Fsp3) is 0.944. The highest BCUT2D eigenvalue weighted by atomic mass is 16.6. The molecule has 0 N–H and O–H groups in total. The first-order valence-electron chi connectivity index (χ1n) is 8.44.